The number of carbonyl (C=O) groups excluding carboxylic acids is 1. The molecule has 2 N–H and O–H groups in total. The van der Waals surface area contributed by atoms with Crippen molar-refractivity contribution in [3.8, 4) is 11.3 Å². The number of hydrogen-bond acceptors (Lipinski definition) is 6. The highest BCUT2D eigenvalue weighted by atomic mass is 19.4. The molecule has 1 aromatic carbocycles. The number of alkyl halides is 3. The van der Waals surface area contributed by atoms with Crippen molar-refractivity contribution < 1.29 is 27.6 Å². The quantitative estimate of drug-likeness (QED) is 0.651. The molecular weight excluding hydrogens is 401 g/mol. The van der Waals surface area contributed by atoms with Crippen LogP contribution in [0.5, 0.6) is 0 Å². The predicted octanol–water partition coefficient (Wildman–Crippen LogP) is 3.84. The number of hydrogen-bond donors (Lipinski definition) is 2. The zero-order valence-electron chi connectivity index (χ0n) is 16.4. The van der Waals surface area contributed by atoms with Gasteiger partial charge in [-0.3, -0.25) is 9.78 Å². The van der Waals surface area contributed by atoms with E-state index < -0.39 is 29.8 Å². The van der Waals surface area contributed by atoms with Crippen LogP contribution in [0, 0.1) is 13.8 Å². The Hall–Kier alpha value is -3.27. The molecular formula is C20H19F3N4O3. The maximum absolute atomic E-state index is 13.1. The van der Waals surface area contributed by atoms with Gasteiger partial charge in [0.25, 0.3) is 5.91 Å². The SMILES string of the molecule is Cc1ccc(-c2cc(C(=O)N[C@H](C)c3nc(C)no3)cc(C(O)C(F)(F)F)c2)nc1. The van der Waals surface area contributed by atoms with E-state index in [4.69, 9.17) is 4.52 Å². The Morgan fingerprint density at radius 3 is 2.50 bits per heavy atom. The van der Waals surface area contributed by atoms with Gasteiger partial charge in [0, 0.05) is 17.3 Å². The second-order valence-corrected chi connectivity index (χ2v) is 6.88. The molecule has 0 fully saturated rings. The van der Waals surface area contributed by atoms with E-state index in [1.54, 1.807) is 32.2 Å². The van der Waals surface area contributed by atoms with Crippen molar-refractivity contribution >= 4 is 5.91 Å². The van der Waals surface area contributed by atoms with Gasteiger partial charge in [0.05, 0.1) is 5.69 Å². The maximum atomic E-state index is 13.1. The molecule has 2 heterocycles. The van der Waals surface area contributed by atoms with E-state index in [2.05, 4.69) is 20.4 Å². The molecule has 1 amide bonds. The summed E-state index contributed by atoms with van der Waals surface area (Å²) >= 11 is 0. The van der Waals surface area contributed by atoms with E-state index >= 15 is 0 Å². The lowest BCUT2D eigenvalue weighted by atomic mass is 9.98. The number of aliphatic hydroxyl groups excluding tert-OH is 1. The van der Waals surface area contributed by atoms with Gasteiger partial charge in [-0.15, -0.1) is 0 Å². The molecule has 3 rings (SSSR count). The van der Waals surface area contributed by atoms with Crippen molar-refractivity contribution in [2.24, 2.45) is 0 Å². The van der Waals surface area contributed by atoms with E-state index in [0.29, 0.717) is 11.5 Å². The summed E-state index contributed by atoms with van der Waals surface area (Å²) in [6.45, 7) is 5.03. The van der Waals surface area contributed by atoms with Gasteiger partial charge in [0.2, 0.25) is 5.89 Å². The summed E-state index contributed by atoms with van der Waals surface area (Å²) in [5.74, 6) is -0.121. The van der Waals surface area contributed by atoms with Crippen LogP contribution in [0.1, 0.15) is 52.3 Å². The number of pyridine rings is 1. The molecule has 0 spiro atoms. The first kappa shape index (κ1) is 21.4. The summed E-state index contributed by atoms with van der Waals surface area (Å²) in [5.41, 5.74) is 0.964. The van der Waals surface area contributed by atoms with Crippen molar-refractivity contribution in [1.29, 1.82) is 0 Å². The van der Waals surface area contributed by atoms with Crippen molar-refractivity contribution in [3.63, 3.8) is 0 Å². The van der Waals surface area contributed by atoms with Gasteiger partial charge >= 0.3 is 6.18 Å². The summed E-state index contributed by atoms with van der Waals surface area (Å²) in [7, 11) is 0. The molecule has 10 heteroatoms. The van der Waals surface area contributed by atoms with E-state index in [1.807, 2.05) is 6.92 Å². The third kappa shape index (κ3) is 4.82. The molecule has 0 saturated carbocycles. The van der Waals surface area contributed by atoms with Crippen molar-refractivity contribution in [2.45, 2.75) is 39.1 Å². The van der Waals surface area contributed by atoms with E-state index in [-0.39, 0.29) is 17.0 Å². The Morgan fingerprint density at radius 2 is 1.93 bits per heavy atom. The molecule has 0 saturated heterocycles. The molecule has 0 radical (unpaired) electrons. The van der Waals surface area contributed by atoms with Gasteiger partial charge in [-0.25, -0.2) is 0 Å². The molecule has 3 aromatic rings. The third-order valence-corrected chi connectivity index (χ3v) is 4.31. The minimum atomic E-state index is -4.89. The van der Waals surface area contributed by atoms with Gasteiger partial charge in [0.15, 0.2) is 11.9 Å². The Balaban J connectivity index is 1.98. The summed E-state index contributed by atoms with van der Waals surface area (Å²) in [6.07, 6.45) is -6.07. The van der Waals surface area contributed by atoms with E-state index in [9.17, 15) is 23.1 Å². The van der Waals surface area contributed by atoms with Crippen LogP contribution in [0.15, 0.2) is 41.1 Å². The van der Waals surface area contributed by atoms with E-state index in [0.717, 1.165) is 17.7 Å². The number of nitrogens with one attached hydrogen (secondary N) is 1. The molecule has 7 nitrogen and oxygen atoms in total. The van der Waals surface area contributed by atoms with Crippen LogP contribution in [0.4, 0.5) is 13.2 Å². The zero-order valence-corrected chi connectivity index (χ0v) is 16.4. The number of carbonyl (C=O) groups is 1. The first-order chi connectivity index (χ1) is 14.0. The molecule has 0 aliphatic heterocycles. The fourth-order valence-electron chi connectivity index (χ4n) is 2.75. The summed E-state index contributed by atoms with van der Waals surface area (Å²) < 4.78 is 44.3. The predicted molar refractivity (Wildman–Crippen MR) is 100 cm³/mol. The molecule has 1 unspecified atom stereocenters. The first-order valence-electron chi connectivity index (χ1n) is 8.98. The van der Waals surface area contributed by atoms with Gasteiger partial charge in [-0.2, -0.15) is 18.2 Å². The number of aromatic nitrogens is 3. The zero-order chi connectivity index (χ0) is 22.1. The number of amides is 1. The van der Waals surface area contributed by atoms with Crippen molar-refractivity contribution in [3.05, 3.63) is 64.9 Å². The Labute approximate surface area is 170 Å². The Morgan fingerprint density at radius 1 is 1.20 bits per heavy atom. The lowest BCUT2D eigenvalue weighted by Crippen LogP contribution is -2.27. The summed E-state index contributed by atoms with van der Waals surface area (Å²) in [5, 5.41) is 16.0. The first-order valence-corrected chi connectivity index (χ1v) is 8.98. The van der Waals surface area contributed by atoms with E-state index in [1.165, 1.54) is 6.07 Å². The number of benzene rings is 1. The molecule has 158 valence electrons. The minimum Gasteiger partial charge on any atom is -0.379 e. The van der Waals surface area contributed by atoms with Crippen molar-refractivity contribution in [2.75, 3.05) is 0 Å². The summed E-state index contributed by atoms with van der Waals surface area (Å²) in [4.78, 5) is 20.9. The highest BCUT2D eigenvalue weighted by Crippen LogP contribution is 2.35. The Bertz CT molecular complexity index is 1050. The fraction of sp³-hybridized carbons (Fsp3) is 0.300. The van der Waals surface area contributed by atoms with Crippen LogP contribution < -0.4 is 5.32 Å². The normalized spacial score (nSPS) is 13.7. The minimum absolute atomic E-state index is 0.0729. The average Bonchev–Trinajstić information content (AvgIpc) is 3.13. The smallest absolute Gasteiger partial charge is 0.379 e. The second-order valence-electron chi connectivity index (χ2n) is 6.88. The standard InChI is InChI=1S/C20H19F3N4O3/c1-10-4-5-16(24-9-10)13-6-14(17(28)20(21,22)23)8-15(7-13)18(29)25-11(2)19-26-12(3)27-30-19/h4-9,11,17,28H,1-3H3,(H,25,29)/t11-,17?/m1/s1. The van der Waals surface area contributed by atoms with Crippen molar-refractivity contribution in [1.82, 2.24) is 20.4 Å². The Kier molecular flexibility index (Phi) is 5.88. The topological polar surface area (TPSA) is 101 Å². The van der Waals surface area contributed by atoms with Crippen LogP contribution in [0.25, 0.3) is 11.3 Å². The molecule has 0 aliphatic carbocycles. The van der Waals surface area contributed by atoms with Gasteiger partial charge in [0.1, 0.15) is 6.04 Å². The monoisotopic (exact) mass is 420 g/mol. The average molecular weight is 420 g/mol. The van der Waals surface area contributed by atoms with Gasteiger partial charge < -0.3 is 14.9 Å². The number of nitrogens with zero attached hydrogens (tertiary/aromatic N) is 3. The molecule has 30 heavy (non-hydrogen) atoms. The number of aryl methyl sites for hydroxylation is 2. The van der Waals surface area contributed by atoms with Gasteiger partial charge in [-0.1, -0.05) is 11.2 Å². The number of rotatable bonds is 5. The lowest BCUT2D eigenvalue weighted by Gasteiger charge is -2.18. The third-order valence-electron chi connectivity index (χ3n) is 4.31. The lowest BCUT2D eigenvalue weighted by molar-refractivity contribution is -0.206. The summed E-state index contributed by atoms with van der Waals surface area (Å²) in [6, 6.07) is 6.27. The van der Waals surface area contributed by atoms with Crippen LogP contribution in [0.2, 0.25) is 0 Å². The maximum Gasteiger partial charge on any atom is 0.418 e. The van der Waals surface area contributed by atoms with Crippen LogP contribution in [-0.4, -0.2) is 32.3 Å². The van der Waals surface area contributed by atoms with Gasteiger partial charge in [-0.05, 0) is 56.2 Å². The highest BCUT2D eigenvalue weighted by Gasteiger charge is 2.40. The molecule has 0 aliphatic rings. The largest absolute Gasteiger partial charge is 0.418 e. The molecule has 2 aromatic heterocycles. The fourth-order valence-corrected chi connectivity index (χ4v) is 2.75. The van der Waals surface area contributed by atoms with Crippen LogP contribution in [0.3, 0.4) is 0 Å². The molecule has 2 atom stereocenters. The molecule has 0 bridgehead atoms. The van der Waals surface area contributed by atoms with Crippen LogP contribution >= 0.6 is 0 Å². The number of aliphatic hydroxyl groups is 1. The second kappa shape index (κ2) is 8.23. The number of halogens is 3. The highest BCUT2D eigenvalue weighted by molar-refractivity contribution is 5.95. The van der Waals surface area contributed by atoms with Crippen LogP contribution in [-0.2, 0) is 0 Å².